The van der Waals surface area contributed by atoms with E-state index >= 15 is 0 Å². The fraction of sp³-hybridized carbons (Fsp3) is 0.200. The quantitative estimate of drug-likeness (QED) is 0.637. The lowest BCUT2D eigenvalue weighted by molar-refractivity contribution is -0.136. The van der Waals surface area contributed by atoms with Crippen LogP contribution in [0.4, 0.5) is 0 Å². The number of carbonyl (C=O) groups is 2. The zero-order valence-electron chi connectivity index (χ0n) is 15.2. The third kappa shape index (κ3) is 4.22. The number of ether oxygens (including phenoxy) is 3. The van der Waals surface area contributed by atoms with Crippen molar-refractivity contribution in [1.29, 1.82) is 0 Å². The zero-order valence-corrected chi connectivity index (χ0v) is 15.2. The second-order valence-corrected chi connectivity index (χ2v) is 5.38. The number of nitrogens with one attached hydrogen (secondary N) is 1. The van der Waals surface area contributed by atoms with Gasteiger partial charge >= 0.3 is 5.97 Å². The minimum Gasteiger partial charge on any atom is -0.493 e. The first-order valence-corrected chi connectivity index (χ1v) is 7.89. The summed E-state index contributed by atoms with van der Waals surface area (Å²) in [6, 6.07) is 13.9. The Morgan fingerprint density at radius 1 is 0.846 bits per heavy atom. The van der Waals surface area contributed by atoms with Crippen molar-refractivity contribution < 1.29 is 23.8 Å². The fourth-order valence-electron chi connectivity index (χ4n) is 2.39. The van der Waals surface area contributed by atoms with Gasteiger partial charge in [-0.15, -0.1) is 0 Å². The average Bonchev–Trinajstić information content (AvgIpc) is 2.70. The summed E-state index contributed by atoms with van der Waals surface area (Å²) in [6.45, 7) is 1.72. The smallest absolute Gasteiger partial charge is 0.354 e. The lowest BCUT2D eigenvalue weighted by Crippen LogP contribution is -2.29. The van der Waals surface area contributed by atoms with Crippen molar-refractivity contribution in [3.05, 3.63) is 65.4 Å². The largest absolute Gasteiger partial charge is 0.493 e. The zero-order chi connectivity index (χ0) is 19.1. The highest BCUT2D eigenvalue weighted by Gasteiger charge is 2.19. The van der Waals surface area contributed by atoms with Crippen LogP contribution in [0.25, 0.3) is 5.57 Å². The van der Waals surface area contributed by atoms with Crippen LogP contribution in [0, 0.1) is 0 Å². The Hall–Kier alpha value is -3.28. The summed E-state index contributed by atoms with van der Waals surface area (Å²) in [6.07, 6.45) is 0. The van der Waals surface area contributed by atoms with E-state index in [1.807, 2.05) is 6.07 Å². The minimum atomic E-state index is -0.637. The molecule has 0 aromatic heterocycles. The highest BCUT2D eigenvalue weighted by Crippen LogP contribution is 2.31. The van der Waals surface area contributed by atoms with Gasteiger partial charge < -0.3 is 19.5 Å². The van der Waals surface area contributed by atoms with Gasteiger partial charge in [-0.3, -0.25) is 4.79 Å². The molecule has 2 rings (SSSR count). The number of amides is 1. The molecular weight excluding hydrogens is 334 g/mol. The van der Waals surface area contributed by atoms with Crippen LogP contribution < -0.4 is 14.8 Å². The number of hydrogen-bond donors (Lipinski definition) is 1. The van der Waals surface area contributed by atoms with Crippen molar-refractivity contribution in [3.63, 3.8) is 0 Å². The molecule has 0 heterocycles. The monoisotopic (exact) mass is 355 g/mol. The van der Waals surface area contributed by atoms with E-state index in [9.17, 15) is 9.59 Å². The second kappa shape index (κ2) is 8.71. The molecule has 0 atom stereocenters. The first kappa shape index (κ1) is 19.1. The van der Waals surface area contributed by atoms with E-state index in [-0.39, 0.29) is 5.70 Å². The summed E-state index contributed by atoms with van der Waals surface area (Å²) >= 11 is 0. The Morgan fingerprint density at radius 2 is 1.50 bits per heavy atom. The third-order valence-corrected chi connectivity index (χ3v) is 3.86. The van der Waals surface area contributed by atoms with Gasteiger partial charge in [0.1, 0.15) is 5.70 Å². The van der Waals surface area contributed by atoms with Crippen molar-refractivity contribution in [2.75, 3.05) is 21.3 Å². The molecule has 0 radical (unpaired) electrons. The Bertz CT molecular complexity index is 827. The van der Waals surface area contributed by atoms with E-state index in [1.165, 1.54) is 14.2 Å². The lowest BCUT2D eigenvalue weighted by atomic mass is 10.0. The molecule has 0 saturated carbocycles. The van der Waals surface area contributed by atoms with E-state index < -0.39 is 11.9 Å². The van der Waals surface area contributed by atoms with Crippen molar-refractivity contribution in [3.8, 4) is 11.5 Å². The van der Waals surface area contributed by atoms with Crippen LogP contribution in [0.15, 0.2) is 54.2 Å². The van der Waals surface area contributed by atoms with Crippen LogP contribution in [0.5, 0.6) is 11.5 Å². The molecule has 0 aliphatic heterocycles. The van der Waals surface area contributed by atoms with Crippen LogP contribution in [0.1, 0.15) is 22.8 Å². The molecule has 2 aromatic rings. The van der Waals surface area contributed by atoms with E-state index in [1.54, 1.807) is 56.5 Å². The Labute approximate surface area is 152 Å². The SMILES string of the molecule is COC(=O)C(NC(=O)c1ccccc1)=C(C)c1ccc(OC)c(OC)c1. The number of allylic oxidation sites excluding steroid dienone is 1. The first-order chi connectivity index (χ1) is 12.5. The Kier molecular flexibility index (Phi) is 6.38. The van der Waals surface area contributed by atoms with Gasteiger partial charge in [0, 0.05) is 5.56 Å². The average molecular weight is 355 g/mol. The molecule has 1 amide bonds. The minimum absolute atomic E-state index is 0.0635. The maximum Gasteiger partial charge on any atom is 0.354 e. The topological polar surface area (TPSA) is 73.9 Å². The number of rotatable bonds is 6. The van der Waals surface area contributed by atoms with Gasteiger partial charge in [-0.05, 0) is 42.3 Å². The molecule has 2 aromatic carbocycles. The molecule has 6 nitrogen and oxygen atoms in total. The van der Waals surface area contributed by atoms with E-state index in [4.69, 9.17) is 14.2 Å². The van der Waals surface area contributed by atoms with E-state index in [0.717, 1.165) is 0 Å². The second-order valence-electron chi connectivity index (χ2n) is 5.38. The van der Waals surface area contributed by atoms with Gasteiger partial charge in [0.05, 0.1) is 21.3 Å². The Morgan fingerprint density at radius 3 is 2.08 bits per heavy atom. The molecule has 0 spiro atoms. The van der Waals surface area contributed by atoms with Crippen molar-refractivity contribution in [2.45, 2.75) is 6.92 Å². The molecule has 0 unspecified atom stereocenters. The fourth-order valence-corrected chi connectivity index (χ4v) is 2.39. The van der Waals surface area contributed by atoms with E-state index in [0.29, 0.717) is 28.2 Å². The van der Waals surface area contributed by atoms with Gasteiger partial charge in [0.25, 0.3) is 5.91 Å². The number of esters is 1. The predicted molar refractivity (Wildman–Crippen MR) is 98.1 cm³/mol. The maximum atomic E-state index is 12.4. The molecule has 0 saturated heterocycles. The van der Waals surface area contributed by atoms with Gasteiger partial charge in [-0.1, -0.05) is 24.3 Å². The van der Waals surface area contributed by atoms with Crippen molar-refractivity contribution in [1.82, 2.24) is 5.32 Å². The molecule has 0 fully saturated rings. The molecule has 0 aliphatic rings. The number of hydrogen-bond acceptors (Lipinski definition) is 5. The van der Waals surface area contributed by atoms with Crippen LogP contribution in [-0.2, 0) is 9.53 Å². The number of methoxy groups -OCH3 is 3. The van der Waals surface area contributed by atoms with Crippen LogP contribution >= 0.6 is 0 Å². The molecule has 0 bridgehead atoms. The molecule has 1 N–H and O–H groups in total. The molecular formula is C20H21NO5. The summed E-state index contributed by atoms with van der Waals surface area (Å²) in [5, 5.41) is 2.64. The number of benzene rings is 2. The highest BCUT2D eigenvalue weighted by molar-refractivity contribution is 6.05. The molecule has 136 valence electrons. The van der Waals surface area contributed by atoms with Gasteiger partial charge in [-0.2, -0.15) is 0 Å². The van der Waals surface area contributed by atoms with Crippen LogP contribution in [0.2, 0.25) is 0 Å². The van der Waals surface area contributed by atoms with Gasteiger partial charge in [-0.25, -0.2) is 4.79 Å². The van der Waals surface area contributed by atoms with Gasteiger partial charge in [0.2, 0.25) is 0 Å². The molecule has 26 heavy (non-hydrogen) atoms. The maximum absolute atomic E-state index is 12.4. The normalized spacial score (nSPS) is 11.2. The summed E-state index contributed by atoms with van der Waals surface area (Å²) in [5.41, 5.74) is 1.74. The van der Waals surface area contributed by atoms with Crippen LogP contribution in [0.3, 0.4) is 0 Å². The summed E-state index contributed by atoms with van der Waals surface area (Å²) in [4.78, 5) is 24.7. The number of carbonyl (C=O) groups excluding carboxylic acids is 2. The lowest BCUT2D eigenvalue weighted by Gasteiger charge is -2.14. The summed E-state index contributed by atoms with van der Waals surface area (Å²) < 4.78 is 15.3. The first-order valence-electron chi connectivity index (χ1n) is 7.89. The third-order valence-electron chi connectivity index (χ3n) is 3.86. The van der Waals surface area contributed by atoms with Crippen LogP contribution in [-0.4, -0.2) is 33.2 Å². The molecule has 0 aliphatic carbocycles. The van der Waals surface area contributed by atoms with Crippen molar-refractivity contribution in [2.24, 2.45) is 0 Å². The standard InChI is InChI=1S/C20H21NO5/c1-13(15-10-11-16(24-2)17(12-15)25-3)18(20(23)26-4)21-19(22)14-8-6-5-7-9-14/h5-12H,1-4H3,(H,21,22). The molecule has 6 heteroatoms. The van der Waals surface area contributed by atoms with E-state index in [2.05, 4.69) is 5.32 Å². The highest BCUT2D eigenvalue weighted by atomic mass is 16.5. The predicted octanol–water partition coefficient (Wildman–Crippen LogP) is 3.04. The summed E-state index contributed by atoms with van der Waals surface area (Å²) in [5.74, 6) is 0.0485. The van der Waals surface area contributed by atoms with Gasteiger partial charge in [0.15, 0.2) is 11.5 Å². The Balaban J connectivity index is 2.44. The summed E-state index contributed by atoms with van der Waals surface area (Å²) in [7, 11) is 4.33. The van der Waals surface area contributed by atoms with Crippen molar-refractivity contribution >= 4 is 17.4 Å².